The summed E-state index contributed by atoms with van der Waals surface area (Å²) in [6.45, 7) is 4.87. The van der Waals surface area contributed by atoms with Crippen molar-refractivity contribution < 1.29 is 9.53 Å². The molecule has 2 aromatic carbocycles. The second kappa shape index (κ2) is 8.63. The lowest BCUT2D eigenvalue weighted by atomic mass is 9.90. The van der Waals surface area contributed by atoms with E-state index in [1.165, 1.54) is 11.1 Å². The summed E-state index contributed by atoms with van der Waals surface area (Å²) in [4.78, 5) is 14.8. The highest BCUT2D eigenvalue weighted by atomic mass is 79.9. The standard InChI is InChI=1S/C21H24BrNO2/c1-2-25-21(24)19-15-23(13-16-8-4-3-5-9-16)14-18(19)12-17-10-6-7-11-20(17)22/h3-11,18-19H,2,12-15H2,1H3/t18-,19-/m1/s1. The van der Waals surface area contributed by atoms with Gasteiger partial charge in [0.25, 0.3) is 0 Å². The predicted molar refractivity (Wildman–Crippen MR) is 103 cm³/mol. The molecule has 1 saturated heterocycles. The zero-order chi connectivity index (χ0) is 17.6. The summed E-state index contributed by atoms with van der Waals surface area (Å²) in [5.74, 6) is 0.160. The van der Waals surface area contributed by atoms with Crippen molar-refractivity contribution in [3.05, 3.63) is 70.2 Å². The molecule has 3 rings (SSSR count). The Morgan fingerprint density at radius 2 is 1.84 bits per heavy atom. The first kappa shape index (κ1) is 18.2. The van der Waals surface area contributed by atoms with Gasteiger partial charge in [0.15, 0.2) is 0 Å². The third-order valence-electron chi connectivity index (χ3n) is 4.79. The van der Waals surface area contributed by atoms with Gasteiger partial charge in [-0.05, 0) is 36.5 Å². The summed E-state index contributed by atoms with van der Waals surface area (Å²) in [7, 11) is 0. The monoisotopic (exact) mass is 401 g/mol. The minimum absolute atomic E-state index is 0.0595. The number of likely N-dealkylation sites (tertiary alicyclic amines) is 1. The highest BCUT2D eigenvalue weighted by Crippen LogP contribution is 2.31. The Balaban J connectivity index is 1.73. The number of esters is 1. The molecule has 0 bridgehead atoms. The first-order chi connectivity index (χ1) is 12.2. The molecular weight excluding hydrogens is 378 g/mol. The average molecular weight is 402 g/mol. The van der Waals surface area contributed by atoms with Crippen molar-refractivity contribution in [3.63, 3.8) is 0 Å². The molecule has 0 spiro atoms. The number of hydrogen-bond donors (Lipinski definition) is 0. The Bertz CT molecular complexity index is 704. The molecule has 2 aromatic rings. The van der Waals surface area contributed by atoms with Gasteiger partial charge in [0.2, 0.25) is 0 Å². The van der Waals surface area contributed by atoms with Crippen LogP contribution in [0.2, 0.25) is 0 Å². The van der Waals surface area contributed by atoms with Crippen LogP contribution in [0, 0.1) is 11.8 Å². The van der Waals surface area contributed by atoms with E-state index in [0.29, 0.717) is 6.61 Å². The Labute approximate surface area is 158 Å². The van der Waals surface area contributed by atoms with Crippen LogP contribution in [-0.2, 0) is 22.5 Å². The minimum atomic E-state index is -0.0601. The normalized spacial score (nSPS) is 20.6. The zero-order valence-electron chi connectivity index (χ0n) is 14.5. The van der Waals surface area contributed by atoms with E-state index in [1.54, 1.807) is 0 Å². The van der Waals surface area contributed by atoms with E-state index in [2.05, 4.69) is 63.3 Å². The van der Waals surface area contributed by atoms with Crippen LogP contribution in [0.5, 0.6) is 0 Å². The lowest BCUT2D eigenvalue weighted by Gasteiger charge is -2.17. The molecule has 132 valence electrons. The third kappa shape index (κ3) is 4.71. The van der Waals surface area contributed by atoms with Crippen molar-refractivity contribution in [2.45, 2.75) is 19.9 Å². The van der Waals surface area contributed by atoms with Gasteiger partial charge in [-0.1, -0.05) is 64.5 Å². The molecule has 0 aliphatic carbocycles. The molecule has 0 unspecified atom stereocenters. The number of ether oxygens (including phenoxy) is 1. The van der Waals surface area contributed by atoms with Crippen LogP contribution in [0.15, 0.2) is 59.1 Å². The summed E-state index contributed by atoms with van der Waals surface area (Å²) >= 11 is 3.63. The van der Waals surface area contributed by atoms with Gasteiger partial charge in [-0.3, -0.25) is 9.69 Å². The SMILES string of the molecule is CCOC(=O)[C@@H]1CN(Cc2ccccc2)C[C@H]1Cc1ccccc1Br. The molecule has 0 radical (unpaired) electrons. The molecule has 1 aliphatic heterocycles. The van der Waals surface area contributed by atoms with Gasteiger partial charge in [0, 0.05) is 24.1 Å². The van der Waals surface area contributed by atoms with Crippen molar-refractivity contribution in [2.24, 2.45) is 11.8 Å². The molecule has 3 nitrogen and oxygen atoms in total. The minimum Gasteiger partial charge on any atom is -0.466 e. The molecule has 1 aliphatic rings. The number of hydrogen-bond acceptors (Lipinski definition) is 3. The van der Waals surface area contributed by atoms with Crippen LogP contribution < -0.4 is 0 Å². The number of nitrogens with zero attached hydrogens (tertiary/aromatic N) is 1. The fourth-order valence-corrected chi connectivity index (χ4v) is 4.05. The van der Waals surface area contributed by atoms with Crippen molar-refractivity contribution in [1.29, 1.82) is 0 Å². The van der Waals surface area contributed by atoms with Crippen LogP contribution in [0.4, 0.5) is 0 Å². The van der Waals surface area contributed by atoms with Crippen LogP contribution in [0.1, 0.15) is 18.1 Å². The van der Waals surface area contributed by atoms with Gasteiger partial charge >= 0.3 is 5.97 Å². The fourth-order valence-electron chi connectivity index (χ4n) is 3.60. The highest BCUT2D eigenvalue weighted by Gasteiger charge is 2.38. The fraction of sp³-hybridized carbons (Fsp3) is 0.381. The summed E-state index contributed by atoms with van der Waals surface area (Å²) in [5.41, 5.74) is 2.54. The average Bonchev–Trinajstić information content (AvgIpc) is 3.00. The number of carbonyl (C=O) groups excluding carboxylic acids is 1. The van der Waals surface area contributed by atoms with E-state index < -0.39 is 0 Å². The largest absolute Gasteiger partial charge is 0.466 e. The van der Waals surface area contributed by atoms with E-state index in [9.17, 15) is 4.79 Å². The van der Waals surface area contributed by atoms with Crippen molar-refractivity contribution in [3.8, 4) is 0 Å². The molecule has 2 atom stereocenters. The lowest BCUT2D eigenvalue weighted by Crippen LogP contribution is -2.26. The molecule has 25 heavy (non-hydrogen) atoms. The Hall–Kier alpha value is -1.65. The number of rotatable bonds is 6. The summed E-state index contributed by atoms with van der Waals surface area (Å²) in [6, 6.07) is 18.7. The molecule has 1 fully saturated rings. The van der Waals surface area contributed by atoms with Gasteiger partial charge in [-0.15, -0.1) is 0 Å². The van der Waals surface area contributed by atoms with Crippen LogP contribution in [-0.4, -0.2) is 30.6 Å². The molecule has 4 heteroatoms. The van der Waals surface area contributed by atoms with E-state index in [-0.39, 0.29) is 17.8 Å². The molecular formula is C21H24BrNO2. The molecule has 0 saturated carbocycles. The van der Waals surface area contributed by atoms with Crippen LogP contribution in [0.3, 0.4) is 0 Å². The maximum atomic E-state index is 12.5. The lowest BCUT2D eigenvalue weighted by molar-refractivity contribution is -0.148. The number of carbonyl (C=O) groups is 1. The second-order valence-corrected chi connectivity index (χ2v) is 7.45. The highest BCUT2D eigenvalue weighted by molar-refractivity contribution is 9.10. The number of benzene rings is 2. The van der Waals surface area contributed by atoms with Gasteiger partial charge in [0.05, 0.1) is 12.5 Å². The first-order valence-corrected chi connectivity index (χ1v) is 9.63. The van der Waals surface area contributed by atoms with Gasteiger partial charge in [-0.25, -0.2) is 0 Å². The Morgan fingerprint density at radius 3 is 2.56 bits per heavy atom. The summed E-state index contributed by atoms with van der Waals surface area (Å²) in [5, 5.41) is 0. The summed E-state index contributed by atoms with van der Waals surface area (Å²) in [6.07, 6.45) is 0.885. The Morgan fingerprint density at radius 1 is 1.12 bits per heavy atom. The maximum absolute atomic E-state index is 12.5. The van der Waals surface area contributed by atoms with Crippen LogP contribution in [0.25, 0.3) is 0 Å². The molecule has 1 heterocycles. The van der Waals surface area contributed by atoms with Crippen molar-refractivity contribution >= 4 is 21.9 Å². The molecule has 0 amide bonds. The summed E-state index contributed by atoms with van der Waals surface area (Å²) < 4.78 is 6.46. The quantitative estimate of drug-likeness (QED) is 0.675. The maximum Gasteiger partial charge on any atom is 0.310 e. The van der Waals surface area contributed by atoms with Gasteiger partial charge in [-0.2, -0.15) is 0 Å². The molecule has 0 aromatic heterocycles. The van der Waals surface area contributed by atoms with Crippen LogP contribution >= 0.6 is 15.9 Å². The third-order valence-corrected chi connectivity index (χ3v) is 5.57. The van der Waals surface area contributed by atoms with E-state index in [1.807, 2.05) is 19.1 Å². The predicted octanol–water partition coefficient (Wildman–Crippen LogP) is 4.30. The van der Waals surface area contributed by atoms with E-state index in [4.69, 9.17) is 4.74 Å². The van der Waals surface area contributed by atoms with E-state index >= 15 is 0 Å². The number of halogens is 1. The zero-order valence-corrected chi connectivity index (χ0v) is 16.1. The molecule has 0 N–H and O–H groups in total. The smallest absolute Gasteiger partial charge is 0.310 e. The Kier molecular flexibility index (Phi) is 6.27. The second-order valence-electron chi connectivity index (χ2n) is 6.59. The van der Waals surface area contributed by atoms with E-state index in [0.717, 1.165) is 30.5 Å². The van der Waals surface area contributed by atoms with Crippen molar-refractivity contribution in [1.82, 2.24) is 4.90 Å². The first-order valence-electron chi connectivity index (χ1n) is 8.83. The van der Waals surface area contributed by atoms with Gasteiger partial charge < -0.3 is 4.74 Å². The topological polar surface area (TPSA) is 29.5 Å². The van der Waals surface area contributed by atoms with Crippen molar-refractivity contribution in [2.75, 3.05) is 19.7 Å². The van der Waals surface area contributed by atoms with Gasteiger partial charge in [0.1, 0.15) is 0 Å².